The maximum absolute atomic E-state index is 14.3. The Labute approximate surface area is 173 Å². The third-order valence-electron chi connectivity index (χ3n) is 5.59. The number of aliphatic imine (C=N–C) groups is 1. The molecule has 6 nitrogen and oxygen atoms in total. The standard InChI is InChI=1S/C23H21FN4O2/c1-22(2,3)14-10-17-20(27-11-14)30-18-7-6-13(15-5-4-8-26-19(15)24)9-16(18)23(17)12-29-21(25)28-23/h4-11H,12H2,1-3H3,(H2,25,28)/t23-/m0/s1. The zero-order valence-electron chi connectivity index (χ0n) is 16.9. The van der Waals surface area contributed by atoms with Gasteiger partial charge >= 0.3 is 0 Å². The van der Waals surface area contributed by atoms with Crippen molar-refractivity contribution in [2.75, 3.05) is 6.61 Å². The fourth-order valence-corrected chi connectivity index (χ4v) is 3.91. The van der Waals surface area contributed by atoms with Crippen LogP contribution in [0.1, 0.15) is 37.5 Å². The number of hydrogen-bond donors (Lipinski definition) is 1. The van der Waals surface area contributed by atoms with Crippen molar-refractivity contribution in [1.82, 2.24) is 9.97 Å². The average molecular weight is 404 g/mol. The minimum atomic E-state index is -0.907. The summed E-state index contributed by atoms with van der Waals surface area (Å²) in [6, 6.07) is 11.0. The molecule has 0 amide bonds. The maximum Gasteiger partial charge on any atom is 0.283 e. The van der Waals surface area contributed by atoms with Gasteiger partial charge in [-0.15, -0.1) is 0 Å². The number of benzene rings is 1. The predicted octanol–water partition coefficient (Wildman–Crippen LogP) is 4.27. The molecule has 1 atom stereocenters. The van der Waals surface area contributed by atoms with Crippen molar-refractivity contribution >= 4 is 6.02 Å². The number of nitrogens with zero attached hydrogens (tertiary/aromatic N) is 3. The third-order valence-corrected chi connectivity index (χ3v) is 5.59. The number of hydrogen-bond acceptors (Lipinski definition) is 6. The van der Waals surface area contributed by atoms with Crippen LogP contribution in [0.5, 0.6) is 11.6 Å². The van der Waals surface area contributed by atoms with Gasteiger partial charge in [0.05, 0.1) is 5.56 Å². The molecule has 0 saturated carbocycles. The molecule has 0 aliphatic carbocycles. The van der Waals surface area contributed by atoms with Gasteiger partial charge in [-0.3, -0.25) is 0 Å². The highest BCUT2D eigenvalue weighted by Crippen LogP contribution is 2.51. The monoisotopic (exact) mass is 404 g/mol. The van der Waals surface area contributed by atoms with Crippen molar-refractivity contribution in [3.8, 4) is 22.8 Å². The molecule has 2 N–H and O–H groups in total. The second-order valence-corrected chi connectivity index (χ2v) is 8.58. The SMILES string of the molecule is CC(C)(C)c1cnc2c(c1)[C@]1(COC(N)=N1)c1cc(-c3cccnc3F)ccc1O2. The molecule has 0 saturated heterocycles. The Kier molecular flexibility index (Phi) is 3.87. The fraction of sp³-hybridized carbons (Fsp3) is 0.261. The van der Waals surface area contributed by atoms with E-state index >= 15 is 0 Å². The van der Waals surface area contributed by atoms with E-state index < -0.39 is 11.5 Å². The van der Waals surface area contributed by atoms with Crippen molar-refractivity contribution in [1.29, 1.82) is 0 Å². The van der Waals surface area contributed by atoms with Gasteiger partial charge in [0.25, 0.3) is 6.02 Å². The Balaban J connectivity index is 1.75. The largest absolute Gasteiger partial charge is 0.462 e. The zero-order valence-corrected chi connectivity index (χ0v) is 16.9. The van der Waals surface area contributed by atoms with E-state index in [1.807, 2.05) is 18.3 Å². The summed E-state index contributed by atoms with van der Waals surface area (Å²) in [7, 11) is 0. The molecule has 5 rings (SSSR count). The molecule has 0 unspecified atom stereocenters. The van der Waals surface area contributed by atoms with E-state index in [-0.39, 0.29) is 18.0 Å². The lowest BCUT2D eigenvalue weighted by Gasteiger charge is -2.34. The van der Waals surface area contributed by atoms with Crippen molar-refractivity contribution < 1.29 is 13.9 Å². The van der Waals surface area contributed by atoms with Crippen LogP contribution in [0.3, 0.4) is 0 Å². The molecular weight excluding hydrogens is 383 g/mol. The first kappa shape index (κ1) is 18.5. The number of ether oxygens (including phenoxy) is 2. The summed E-state index contributed by atoms with van der Waals surface area (Å²) in [6.07, 6.45) is 3.24. The van der Waals surface area contributed by atoms with Crippen LogP contribution in [0.4, 0.5) is 4.39 Å². The van der Waals surface area contributed by atoms with Gasteiger partial charge in [0.2, 0.25) is 11.8 Å². The zero-order chi connectivity index (χ0) is 21.1. The van der Waals surface area contributed by atoms with E-state index in [1.165, 1.54) is 6.20 Å². The molecule has 2 aromatic heterocycles. The van der Waals surface area contributed by atoms with Gasteiger partial charge in [-0.1, -0.05) is 26.8 Å². The molecule has 2 aliphatic rings. The van der Waals surface area contributed by atoms with Crippen LogP contribution in [-0.2, 0) is 15.7 Å². The first-order valence-corrected chi connectivity index (χ1v) is 9.70. The minimum Gasteiger partial charge on any atom is -0.462 e. The van der Waals surface area contributed by atoms with Crippen LogP contribution >= 0.6 is 0 Å². The van der Waals surface area contributed by atoms with E-state index in [9.17, 15) is 4.39 Å². The molecule has 2 aliphatic heterocycles. The smallest absolute Gasteiger partial charge is 0.283 e. The van der Waals surface area contributed by atoms with Crippen molar-refractivity contribution in [2.45, 2.75) is 31.7 Å². The lowest BCUT2D eigenvalue weighted by Crippen LogP contribution is -2.32. The lowest BCUT2D eigenvalue weighted by atomic mass is 9.79. The van der Waals surface area contributed by atoms with Crippen molar-refractivity contribution in [2.24, 2.45) is 10.7 Å². The topological polar surface area (TPSA) is 82.6 Å². The predicted molar refractivity (Wildman–Crippen MR) is 111 cm³/mol. The van der Waals surface area contributed by atoms with Crippen LogP contribution in [-0.4, -0.2) is 22.6 Å². The minimum absolute atomic E-state index is 0.105. The summed E-state index contributed by atoms with van der Waals surface area (Å²) in [5, 5.41) is 0. The number of rotatable bonds is 1. The quantitative estimate of drug-likeness (QED) is 0.613. The molecular formula is C23H21FN4O2. The van der Waals surface area contributed by atoms with Gasteiger partial charge in [-0.25, -0.2) is 15.0 Å². The van der Waals surface area contributed by atoms with Gasteiger partial charge in [-0.2, -0.15) is 4.39 Å². The molecule has 0 bridgehead atoms. The Morgan fingerprint density at radius 2 is 1.93 bits per heavy atom. The summed E-state index contributed by atoms with van der Waals surface area (Å²) in [5.74, 6) is 0.525. The average Bonchev–Trinajstić information content (AvgIpc) is 3.10. The molecule has 152 valence electrons. The first-order chi connectivity index (χ1) is 14.3. The van der Waals surface area contributed by atoms with Gasteiger partial charge < -0.3 is 15.2 Å². The van der Waals surface area contributed by atoms with E-state index in [4.69, 9.17) is 15.2 Å². The summed E-state index contributed by atoms with van der Waals surface area (Å²) >= 11 is 0. The highest BCUT2D eigenvalue weighted by Gasteiger charge is 2.48. The number of pyridine rings is 2. The third kappa shape index (κ3) is 2.73. The molecule has 0 radical (unpaired) electrons. The maximum atomic E-state index is 14.3. The summed E-state index contributed by atoms with van der Waals surface area (Å²) in [4.78, 5) is 13.0. The highest BCUT2D eigenvalue weighted by atomic mass is 19.1. The Bertz CT molecular complexity index is 1200. The summed E-state index contributed by atoms with van der Waals surface area (Å²) in [5.41, 5.74) is 8.59. The highest BCUT2D eigenvalue weighted by molar-refractivity contribution is 5.77. The number of amidine groups is 1. The first-order valence-electron chi connectivity index (χ1n) is 9.70. The lowest BCUT2D eigenvalue weighted by molar-refractivity contribution is 0.262. The fourth-order valence-electron chi connectivity index (χ4n) is 3.91. The van der Waals surface area contributed by atoms with E-state index in [0.717, 1.165) is 16.7 Å². The van der Waals surface area contributed by atoms with Gasteiger partial charge in [0, 0.05) is 23.5 Å². The molecule has 4 heterocycles. The summed E-state index contributed by atoms with van der Waals surface area (Å²) < 4.78 is 26.1. The van der Waals surface area contributed by atoms with E-state index in [2.05, 4.69) is 35.7 Å². The molecule has 1 aromatic carbocycles. The van der Waals surface area contributed by atoms with Crippen LogP contribution in [0.25, 0.3) is 11.1 Å². The van der Waals surface area contributed by atoms with Crippen LogP contribution in [0.15, 0.2) is 53.8 Å². The Morgan fingerprint density at radius 3 is 2.63 bits per heavy atom. The second-order valence-electron chi connectivity index (χ2n) is 8.58. The summed E-state index contributed by atoms with van der Waals surface area (Å²) in [6.45, 7) is 6.57. The van der Waals surface area contributed by atoms with Crippen LogP contribution < -0.4 is 10.5 Å². The van der Waals surface area contributed by atoms with Gasteiger partial charge in [0.1, 0.15) is 12.4 Å². The second kappa shape index (κ2) is 6.26. The Morgan fingerprint density at radius 1 is 1.10 bits per heavy atom. The van der Waals surface area contributed by atoms with Crippen molar-refractivity contribution in [3.05, 3.63) is 71.4 Å². The molecule has 7 heteroatoms. The Hall–Kier alpha value is -3.48. The van der Waals surface area contributed by atoms with Crippen molar-refractivity contribution in [3.63, 3.8) is 0 Å². The van der Waals surface area contributed by atoms with Crippen LogP contribution in [0, 0.1) is 5.95 Å². The number of aromatic nitrogens is 2. The normalized spacial score (nSPS) is 19.5. The van der Waals surface area contributed by atoms with E-state index in [0.29, 0.717) is 22.8 Å². The molecule has 0 fully saturated rings. The number of nitrogens with two attached hydrogens (primary N) is 1. The van der Waals surface area contributed by atoms with E-state index in [1.54, 1.807) is 24.3 Å². The molecule has 3 aromatic rings. The molecule has 1 spiro atoms. The number of halogens is 1. The van der Waals surface area contributed by atoms with Crippen LogP contribution in [0.2, 0.25) is 0 Å². The number of fused-ring (bicyclic) bond motifs is 4. The van der Waals surface area contributed by atoms with Gasteiger partial charge in [-0.05, 0) is 46.9 Å². The van der Waals surface area contributed by atoms with Gasteiger partial charge in [0.15, 0.2) is 5.54 Å². The molecule has 30 heavy (non-hydrogen) atoms.